The van der Waals surface area contributed by atoms with Crippen LogP contribution in [0.3, 0.4) is 0 Å². The first-order valence-electron chi connectivity index (χ1n) is 25.4. The van der Waals surface area contributed by atoms with E-state index < -0.39 is 10.1 Å². The highest BCUT2D eigenvalue weighted by Gasteiger charge is 2.43. The van der Waals surface area contributed by atoms with Crippen molar-refractivity contribution in [1.29, 1.82) is 0 Å². The normalized spacial score (nSPS) is 15.9. The van der Waals surface area contributed by atoms with Gasteiger partial charge in [0.1, 0.15) is 6.54 Å². The van der Waals surface area contributed by atoms with Gasteiger partial charge in [-0.15, -0.1) is 11.3 Å². The number of nitrogens with one attached hydrogen (secondary N) is 3. The Morgan fingerprint density at radius 1 is 0.829 bits per heavy atom. The van der Waals surface area contributed by atoms with E-state index in [4.69, 9.17) is 11.5 Å². The number of benzene rings is 2. The molecule has 3 heterocycles. The summed E-state index contributed by atoms with van der Waals surface area (Å²) in [4.78, 5) is 36.7. The SMILES string of the molecule is Cc1nc(N)sc1CCCN=C(N)NC(=O)NCCCCCCCCCCNC(=O)CCCCC[N+]1=C(C=CC=CC=C2N(CCCCS(=O)(=O)[O-])c3ccccc3C2(C)C)c2ccccc2C1(C)C. The van der Waals surface area contributed by atoms with E-state index in [1.165, 1.54) is 46.6 Å². The molecule has 0 saturated carbocycles. The number of nitrogen functional groups attached to an aromatic ring is 1. The molecule has 5 rings (SSSR count). The Morgan fingerprint density at radius 2 is 1.49 bits per heavy atom. The quantitative estimate of drug-likeness (QED) is 0.0112. The molecule has 3 amide bonds. The van der Waals surface area contributed by atoms with E-state index in [1.54, 1.807) is 0 Å². The Hall–Kier alpha value is -5.32. The Balaban J connectivity index is 0.947. The van der Waals surface area contributed by atoms with Crippen molar-refractivity contribution in [1.82, 2.24) is 20.9 Å². The molecule has 7 N–H and O–H groups in total. The van der Waals surface area contributed by atoms with Gasteiger partial charge in [0.2, 0.25) is 11.6 Å². The maximum atomic E-state index is 12.7. The van der Waals surface area contributed by atoms with Crippen molar-refractivity contribution in [3.63, 3.8) is 0 Å². The molecule has 0 radical (unpaired) electrons. The lowest BCUT2D eigenvalue weighted by Gasteiger charge is -2.27. The van der Waals surface area contributed by atoms with Crippen LogP contribution in [0.4, 0.5) is 15.6 Å². The van der Waals surface area contributed by atoms with Crippen molar-refractivity contribution < 1.29 is 27.1 Å². The molecule has 2 aromatic carbocycles. The summed E-state index contributed by atoms with van der Waals surface area (Å²) in [6, 6.07) is 16.6. The molecule has 2 aliphatic rings. The van der Waals surface area contributed by atoms with Gasteiger partial charge in [0.15, 0.2) is 16.6 Å². The first kappa shape index (κ1) is 55.6. The van der Waals surface area contributed by atoms with Crippen LogP contribution in [0.15, 0.2) is 89.6 Å². The zero-order valence-corrected chi connectivity index (χ0v) is 44.0. The van der Waals surface area contributed by atoms with Crippen LogP contribution >= 0.6 is 11.3 Å². The van der Waals surface area contributed by atoms with Crippen molar-refractivity contribution in [3.8, 4) is 0 Å². The van der Waals surface area contributed by atoms with Crippen LogP contribution in [0, 0.1) is 6.92 Å². The number of carbonyl (C=O) groups is 2. The monoisotopic (exact) mass is 998 g/mol. The zero-order valence-electron chi connectivity index (χ0n) is 42.4. The predicted molar refractivity (Wildman–Crippen MR) is 287 cm³/mol. The van der Waals surface area contributed by atoms with Gasteiger partial charge in [-0.2, -0.15) is 0 Å². The smallest absolute Gasteiger partial charge is 0.321 e. The van der Waals surface area contributed by atoms with Gasteiger partial charge in [-0.05, 0) is 82.1 Å². The molecule has 0 spiro atoms. The molecule has 14 nitrogen and oxygen atoms in total. The van der Waals surface area contributed by atoms with Crippen LogP contribution in [-0.4, -0.2) is 84.6 Å². The number of rotatable bonds is 29. The first-order valence-corrected chi connectivity index (χ1v) is 27.8. The summed E-state index contributed by atoms with van der Waals surface area (Å²) in [6.45, 7) is 14.3. The number of nitrogens with zero attached hydrogens (tertiary/aromatic N) is 4. The number of fused-ring (bicyclic) bond motifs is 2. The zero-order chi connectivity index (χ0) is 50.6. The summed E-state index contributed by atoms with van der Waals surface area (Å²) in [5, 5.41) is 9.15. The number of amides is 3. The molecule has 0 aliphatic carbocycles. The maximum absolute atomic E-state index is 12.7. The van der Waals surface area contributed by atoms with Crippen LogP contribution in [-0.2, 0) is 32.3 Å². The van der Waals surface area contributed by atoms with E-state index in [2.05, 4.69) is 136 Å². The highest BCUT2D eigenvalue weighted by Crippen LogP contribution is 2.47. The standard InChI is InChI=1S/C54H79N9O5S2/c1-41-47(69-51(56)60-41)32-26-37-58-50(55)61-52(65)59-36-22-11-9-7-6-8-10-21-35-57-49(64)34-16-13-23-39-63-45(42-27-17-18-28-43(42)54(63,4)5)30-14-12-15-33-48-53(2,3)44-29-19-20-31-46(44)62(48)38-24-25-40-70(66,67)68/h12,14-15,17-20,27-31,33H,6-11,13,16,21-26,32,34-40H2,1-5H3,(H7-,55,56,57,58,59,60,61,64,65,66,67,68). The topological polar surface area (TPSA) is 211 Å². The van der Waals surface area contributed by atoms with Crippen LogP contribution in [0.2, 0.25) is 0 Å². The van der Waals surface area contributed by atoms with E-state index in [0.29, 0.717) is 44.0 Å². The minimum absolute atomic E-state index is 0.121. The molecular weight excluding hydrogens is 919 g/mol. The number of anilines is 2. The average Bonchev–Trinajstić information content (AvgIpc) is 3.83. The molecule has 0 fully saturated rings. The van der Waals surface area contributed by atoms with E-state index in [0.717, 1.165) is 106 Å². The number of aromatic nitrogens is 1. The minimum Gasteiger partial charge on any atom is -0.748 e. The molecule has 16 heteroatoms. The van der Waals surface area contributed by atoms with Crippen molar-refractivity contribution in [2.75, 3.05) is 49.1 Å². The number of guanidine groups is 1. The van der Waals surface area contributed by atoms with Crippen LogP contribution in [0.5, 0.6) is 0 Å². The van der Waals surface area contributed by atoms with Crippen LogP contribution in [0.1, 0.15) is 151 Å². The van der Waals surface area contributed by atoms with Crippen LogP contribution in [0.25, 0.3) is 0 Å². The van der Waals surface area contributed by atoms with Crippen molar-refractivity contribution in [2.24, 2.45) is 10.7 Å². The fraction of sp³-hybridized carbons (Fsp3) is 0.537. The Kier molecular flexibility index (Phi) is 21.7. The molecule has 0 atom stereocenters. The predicted octanol–water partition coefficient (Wildman–Crippen LogP) is 9.25. The molecule has 0 saturated heterocycles. The lowest BCUT2D eigenvalue weighted by molar-refractivity contribution is -0.604. The molecule has 382 valence electrons. The van der Waals surface area contributed by atoms with Gasteiger partial charge < -0.3 is 31.6 Å². The summed E-state index contributed by atoms with van der Waals surface area (Å²) in [6.07, 6.45) is 25.2. The number of nitrogens with two attached hydrogens (primary N) is 2. The number of unbranched alkanes of at least 4 members (excludes halogenated alkanes) is 10. The second-order valence-electron chi connectivity index (χ2n) is 19.5. The number of thiazole rings is 1. The summed E-state index contributed by atoms with van der Waals surface area (Å²) >= 11 is 1.50. The third-order valence-corrected chi connectivity index (χ3v) is 15.2. The molecule has 3 aromatic rings. The largest absolute Gasteiger partial charge is 0.748 e. The highest BCUT2D eigenvalue weighted by atomic mass is 32.2. The Morgan fingerprint density at radius 3 is 2.19 bits per heavy atom. The van der Waals surface area contributed by atoms with Gasteiger partial charge in [0.25, 0.3) is 0 Å². The molecule has 0 bridgehead atoms. The lowest BCUT2D eigenvalue weighted by atomic mass is 9.84. The highest BCUT2D eigenvalue weighted by molar-refractivity contribution is 7.85. The number of allylic oxidation sites excluding steroid dienone is 6. The van der Waals surface area contributed by atoms with Gasteiger partial charge in [-0.3, -0.25) is 15.1 Å². The number of urea groups is 1. The van der Waals surface area contributed by atoms with Gasteiger partial charge in [-0.25, -0.2) is 22.8 Å². The van der Waals surface area contributed by atoms with Crippen molar-refractivity contribution >= 4 is 55.9 Å². The molecule has 70 heavy (non-hydrogen) atoms. The number of hydrogen-bond acceptors (Lipinski definition) is 10. The Bertz CT molecular complexity index is 2470. The third-order valence-electron chi connectivity index (χ3n) is 13.4. The number of aliphatic imine (C=N–C) groups is 1. The van der Waals surface area contributed by atoms with Gasteiger partial charge in [0, 0.05) is 91.9 Å². The first-order chi connectivity index (χ1) is 33.5. The van der Waals surface area contributed by atoms with Gasteiger partial charge in [-0.1, -0.05) is 107 Å². The molecule has 1 aromatic heterocycles. The number of para-hydroxylation sites is 1. The average molecular weight is 998 g/mol. The third kappa shape index (κ3) is 16.9. The van der Waals surface area contributed by atoms with E-state index >= 15 is 0 Å². The fourth-order valence-corrected chi connectivity index (χ4v) is 11.0. The maximum Gasteiger partial charge on any atom is 0.321 e. The van der Waals surface area contributed by atoms with E-state index in [9.17, 15) is 22.6 Å². The van der Waals surface area contributed by atoms with Crippen molar-refractivity contribution in [2.45, 2.75) is 148 Å². The Labute approximate surface area is 422 Å². The molecular formula is C54H79N9O5S2. The second kappa shape index (κ2) is 27.3. The van der Waals surface area contributed by atoms with E-state index in [-0.39, 0.29) is 34.6 Å². The number of hydrogen-bond donors (Lipinski definition) is 5. The summed E-state index contributed by atoms with van der Waals surface area (Å²) < 4.78 is 36.2. The second-order valence-corrected chi connectivity index (χ2v) is 22.1. The van der Waals surface area contributed by atoms with E-state index in [1.807, 2.05) is 13.0 Å². The fourth-order valence-electron chi connectivity index (χ4n) is 9.58. The van der Waals surface area contributed by atoms with Crippen molar-refractivity contribution in [3.05, 3.63) is 112 Å². The van der Waals surface area contributed by atoms with Gasteiger partial charge in [0.05, 0.1) is 21.4 Å². The summed E-state index contributed by atoms with van der Waals surface area (Å²) in [5.74, 6) is -0.0896. The van der Waals surface area contributed by atoms with Gasteiger partial charge >= 0.3 is 6.03 Å². The number of aryl methyl sites for hydroxylation is 2. The van der Waals surface area contributed by atoms with Crippen LogP contribution < -0.4 is 32.3 Å². The summed E-state index contributed by atoms with van der Waals surface area (Å²) in [7, 11) is -4.24. The molecule has 2 aliphatic heterocycles. The lowest BCUT2D eigenvalue weighted by Crippen LogP contribution is -2.43. The number of carbonyl (C=O) groups excluding carboxylic acids is 2. The molecule has 0 unspecified atom stereocenters. The summed E-state index contributed by atoms with van der Waals surface area (Å²) in [5.41, 5.74) is 19.4. The minimum atomic E-state index is -4.24.